The minimum Gasteiger partial charge on any atom is -0.508 e. The summed E-state index contributed by atoms with van der Waals surface area (Å²) in [5.74, 6) is -1.30. The number of carboxylic acids is 1. The van der Waals surface area contributed by atoms with Crippen molar-refractivity contribution in [2.45, 2.75) is 13.3 Å². The summed E-state index contributed by atoms with van der Waals surface area (Å²) in [6.07, 6.45) is 0.292. The van der Waals surface area contributed by atoms with Crippen LogP contribution >= 0.6 is 11.6 Å². The maximum Gasteiger partial charge on any atom is 0.306 e. The number of aliphatic carboxylic acids is 1. The Morgan fingerprint density at radius 1 is 1.33 bits per heavy atom. The lowest BCUT2D eigenvalue weighted by molar-refractivity contribution is -0.141. The Morgan fingerprint density at radius 3 is 2.72 bits per heavy atom. The van der Waals surface area contributed by atoms with Crippen molar-refractivity contribution in [2.75, 3.05) is 0 Å². The van der Waals surface area contributed by atoms with Gasteiger partial charge >= 0.3 is 5.97 Å². The van der Waals surface area contributed by atoms with E-state index in [4.69, 9.17) is 16.7 Å². The molecule has 4 heteroatoms. The number of phenols is 1. The molecule has 0 heterocycles. The Hall–Kier alpha value is -1.74. The summed E-state index contributed by atoms with van der Waals surface area (Å²) in [6, 6.07) is 8.68. The second-order valence-electron chi connectivity index (χ2n) is 4.37. The van der Waals surface area contributed by atoms with Crippen molar-refractivity contribution in [1.29, 1.82) is 0 Å². The van der Waals surface area contributed by atoms with Gasteiger partial charge in [-0.3, -0.25) is 4.79 Å². The quantitative estimate of drug-likeness (QED) is 0.893. The van der Waals surface area contributed by atoms with E-state index in [0.29, 0.717) is 17.0 Å². The van der Waals surface area contributed by atoms with Gasteiger partial charge in [0.2, 0.25) is 0 Å². The van der Waals surface area contributed by atoms with Crippen molar-refractivity contribution in [2.24, 2.45) is 5.92 Å². The summed E-state index contributed by atoms with van der Waals surface area (Å²) < 4.78 is 0. The van der Waals surface area contributed by atoms with Gasteiger partial charge in [-0.1, -0.05) is 30.7 Å². The van der Waals surface area contributed by atoms with Gasteiger partial charge in [0.05, 0.1) is 5.92 Å². The van der Waals surface area contributed by atoms with Gasteiger partial charge < -0.3 is 10.2 Å². The fourth-order valence-electron chi connectivity index (χ4n) is 1.96. The topological polar surface area (TPSA) is 57.5 Å². The molecule has 1 unspecified atom stereocenters. The largest absolute Gasteiger partial charge is 0.508 e. The number of halogens is 1. The number of rotatable bonds is 3. The Balaban J connectivity index is 2.54. The van der Waals surface area contributed by atoms with Crippen LogP contribution in [0.3, 0.4) is 0 Å². The third-order valence-electron chi connectivity index (χ3n) is 3.00. The van der Waals surface area contributed by atoms with Crippen molar-refractivity contribution < 1.29 is 15.0 Å². The van der Waals surface area contributed by atoms with Gasteiger partial charge in [-0.15, -0.1) is 0 Å². The van der Waals surface area contributed by atoms with Crippen LogP contribution in [0.2, 0.25) is 5.02 Å². The molecule has 94 valence electrons. The summed E-state index contributed by atoms with van der Waals surface area (Å²) in [5.41, 5.74) is 0.652. The maximum atomic E-state index is 10.9. The van der Waals surface area contributed by atoms with Crippen LogP contribution < -0.4 is 0 Å². The van der Waals surface area contributed by atoms with E-state index in [9.17, 15) is 9.90 Å². The molecule has 0 aliphatic rings. The predicted octanol–water partition coefficient (Wildman–Crippen LogP) is 3.46. The van der Waals surface area contributed by atoms with Crippen molar-refractivity contribution in [1.82, 2.24) is 0 Å². The van der Waals surface area contributed by atoms with E-state index in [0.717, 1.165) is 10.8 Å². The maximum absolute atomic E-state index is 10.9. The number of hydrogen-bond donors (Lipinski definition) is 2. The number of carboxylic acid groups (broad SMARTS) is 1. The van der Waals surface area contributed by atoms with Gasteiger partial charge in [0.25, 0.3) is 0 Å². The zero-order valence-electron chi connectivity index (χ0n) is 9.85. The second kappa shape index (κ2) is 4.86. The van der Waals surface area contributed by atoms with Gasteiger partial charge in [-0.2, -0.15) is 0 Å². The fraction of sp³-hybridized carbons (Fsp3) is 0.214. The molecule has 0 amide bonds. The lowest BCUT2D eigenvalue weighted by atomic mass is 9.95. The van der Waals surface area contributed by atoms with E-state index in [1.165, 1.54) is 0 Å². The molecular formula is C14H13ClO3. The summed E-state index contributed by atoms with van der Waals surface area (Å²) in [7, 11) is 0. The summed E-state index contributed by atoms with van der Waals surface area (Å²) in [5, 5.41) is 21.2. The van der Waals surface area contributed by atoms with Gasteiger partial charge in [-0.05, 0) is 35.4 Å². The minimum absolute atomic E-state index is 0.123. The Kier molecular flexibility index (Phi) is 3.43. The monoisotopic (exact) mass is 264 g/mol. The van der Waals surface area contributed by atoms with E-state index in [-0.39, 0.29) is 5.75 Å². The molecule has 18 heavy (non-hydrogen) atoms. The number of carbonyl (C=O) groups is 1. The van der Waals surface area contributed by atoms with Crippen molar-refractivity contribution >= 4 is 28.3 Å². The smallest absolute Gasteiger partial charge is 0.306 e. The first-order chi connectivity index (χ1) is 8.49. The molecule has 2 aromatic rings. The van der Waals surface area contributed by atoms with Gasteiger partial charge in [0.1, 0.15) is 5.75 Å². The summed E-state index contributed by atoms with van der Waals surface area (Å²) in [4.78, 5) is 10.9. The molecule has 0 aliphatic heterocycles. The van der Waals surface area contributed by atoms with E-state index in [1.54, 1.807) is 37.3 Å². The third kappa shape index (κ3) is 2.41. The Labute approximate surface area is 110 Å². The standard InChI is InChI=1S/C14H13ClO3/c1-8(14(17)18)6-12-11-4-3-10(15)7-9(11)2-5-13(12)16/h2-5,7-8,16H,6H2,1H3,(H,17,18). The number of benzene rings is 2. The lowest BCUT2D eigenvalue weighted by Crippen LogP contribution is -2.12. The highest BCUT2D eigenvalue weighted by molar-refractivity contribution is 6.31. The van der Waals surface area contributed by atoms with Crippen LogP contribution in [0.5, 0.6) is 5.75 Å². The summed E-state index contributed by atoms with van der Waals surface area (Å²) in [6.45, 7) is 1.62. The van der Waals surface area contributed by atoms with Gasteiger partial charge in [0, 0.05) is 10.6 Å². The SMILES string of the molecule is CC(Cc1c(O)ccc2cc(Cl)ccc12)C(=O)O. The second-order valence-corrected chi connectivity index (χ2v) is 4.81. The molecule has 2 aromatic carbocycles. The molecule has 1 atom stereocenters. The number of hydrogen-bond acceptors (Lipinski definition) is 2. The van der Waals surface area contributed by atoms with Crippen LogP contribution in [-0.2, 0) is 11.2 Å². The highest BCUT2D eigenvalue weighted by Crippen LogP contribution is 2.31. The fourth-order valence-corrected chi connectivity index (χ4v) is 2.14. The molecule has 0 fully saturated rings. The minimum atomic E-state index is -0.875. The molecule has 0 aromatic heterocycles. The van der Waals surface area contributed by atoms with E-state index in [2.05, 4.69) is 0 Å². The third-order valence-corrected chi connectivity index (χ3v) is 3.24. The number of phenolic OH excluding ortho intramolecular Hbond substituents is 1. The van der Waals surface area contributed by atoms with Crippen LogP contribution in [0.1, 0.15) is 12.5 Å². The Morgan fingerprint density at radius 2 is 2.06 bits per heavy atom. The molecule has 0 bridgehead atoms. The zero-order chi connectivity index (χ0) is 13.3. The molecule has 0 saturated heterocycles. The first-order valence-electron chi connectivity index (χ1n) is 5.62. The highest BCUT2D eigenvalue weighted by Gasteiger charge is 2.16. The van der Waals surface area contributed by atoms with Gasteiger partial charge in [0.15, 0.2) is 0 Å². The number of fused-ring (bicyclic) bond motifs is 1. The summed E-state index contributed by atoms with van der Waals surface area (Å²) >= 11 is 5.91. The lowest BCUT2D eigenvalue weighted by Gasteiger charge is -2.12. The van der Waals surface area contributed by atoms with E-state index in [1.807, 2.05) is 0 Å². The van der Waals surface area contributed by atoms with E-state index < -0.39 is 11.9 Å². The van der Waals surface area contributed by atoms with Crippen LogP contribution in [0.15, 0.2) is 30.3 Å². The van der Waals surface area contributed by atoms with E-state index >= 15 is 0 Å². The molecule has 2 N–H and O–H groups in total. The average Bonchev–Trinajstić information content (AvgIpc) is 2.32. The first kappa shape index (κ1) is 12.7. The molecule has 0 spiro atoms. The van der Waals surface area contributed by atoms with Crippen molar-refractivity contribution in [3.05, 3.63) is 40.9 Å². The van der Waals surface area contributed by atoms with Gasteiger partial charge in [-0.25, -0.2) is 0 Å². The highest BCUT2D eigenvalue weighted by atomic mass is 35.5. The average molecular weight is 265 g/mol. The van der Waals surface area contributed by atoms with Crippen LogP contribution in [0.4, 0.5) is 0 Å². The molecule has 3 nitrogen and oxygen atoms in total. The van der Waals surface area contributed by atoms with Crippen molar-refractivity contribution in [3.63, 3.8) is 0 Å². The van der Waals surface area contributed by atoms with Crippen LogP contribution in [0.25, 0.3) is 10.8 Å². The van der Waals surface area contributed by atoms with Crippen LogP contribution in [-0.4, -0.2) is 16.2 Å². The first-order valence-corrected chi connectivity index (χ1v) is 5.99. The zero-order valence-corrected chi connectivity index (χ0v) is 10.6. The predicted molar refractivity (Wildman–Crippen MR) is 71.1 cm³/mol. The molecule has 0 saturated carbocycles. The Bertz CT molecular complexity index is 607. The molecule has 2 rings (SSSR count). The van der Waals surface area contributed by atoms with Crippen LogP contribution in [0, 0.1) is 5.92 Å². The molecular weight excluding hydrogens is 252 g/mol. The normalized spacial score (nSPS) is 12.6. The number of aromatic hydroxyl groups is 1. The molecule has 0 radical (unpaired) electrons. The molecule has 0 aliphatic carbocycles. The van der Waals surface area contributed by atoms with Crippen molar-refractivity contribution in [3.8, 4) is 5.75 Å².